The van der Waals surface area contributed by atoms with Crippen LogP contribution in [-0.2, 0) is 9.59 Å². The normalized spacial score (nSPS) is 18.4. The summed E-state index contributed by atoms with van der Waals surface area (Å²) in [5.74, 6) is -1.63. The van der Waals surface area contributed by atoms with Gasteiger partial charge in [0.1, 0.15) is 6.04 Å². The van der Waals surface area contributed by atoms with Crippen molar-refractivity contribution in [2.24, 2.45) is 11.8 Å². The quantitative estimate of drug-likeness (QED) is 0.739. The smallest absolute Gasteiger partial charge is 0.326 e. The van der Waals surface area contributed by atoms with Gasteiger partial charge in [-0.15, -0.1) is 0 Å². The van der Waals surface area contributed by atoms with E-state index in [1.165, 1.54) is 0 Å². The number of carbonyl (C=O) groups excluding carboxylic acids is 1. The van der Waals surface area contributed by atoms with Crippen LogP contribution >= 0.6 is 0 Å². The second kappa shape index (κ2) is 5.49. The van der Waals surface area contributed by atoms with Crippen LogP contribution in [0.3, 0.4) is 0 Å². The van der Waals surface area contributed by atoms with Gasteiger partial charge in [-0.3, -0.25) is 4.79 Å². The Morgan fingerprint density at radius 2 is 1.94 bits per heavy atom. The van der Waals surface area contributed by atoms with Gasteiger partial charge in [-0.2, -0.15) is 0 Å². The van der Waals surface area contributed by atoms with E-state index >= 15 is 0 Å². The van der Waals surface area contributed by atoms with Crippen LogP contribution in [-0.4, -0.2) is 23.0 Å². The highest BCUT2D eigenvalue weighted by atomic mass is 16.4. The first-order chi connectivity index (χ1) is 7.56. The molecule has 0 aliphatic heterocycles. The van der Waals surface area contributed by atoms with Crippen molar-refractivity contribution in [1.82, 2.24) is 5.32 Å². The average Bonchev–Trinajstić information content (AvgIpc) is 2.77. The summed E-state index contributed by atoms with van der Waals surface area (Å²) in [6.07, 6.45) is 7.76. The van der Waals surface area contributed by atoms with Crippen LogP contribution in [0.1, 0.15) is 20.3 Å². The molecule has 0 aromatic heterocycles. The summed E-state index contributed by atoms with van der Waals surface area (Å²) < 4.78 is 0. The molecular weight excluding hydrogens is 206 g/mol. The molecular formula is C12H17NO3. The van der Waals surface area contributed by atoms with E-state index < -0.39 is 12.0 Å². The average molecular weight is 223 g/mol. The van der Waals surface area contributed by atoms with Crippen LogP contribution in [0.5, 0.6) is 0 Å². The van der Waals surface area contributed by atoms with Gasteiger partial charge in [0.2, 0.25) is 5.91 Å². The maximum Gasteiger partial charge on any atom is 0.326 e. The fraction of sp³-hybridized carbons (Fsp3) is 0.500. The summed E-state index contributed by atoms with van der Waals surface area (Å²) >= 11 is 0. The summed E-state index contributed by atoms with van der Waals surface area (Å²) in [5, 5.41) is 11.6. The van der Waals surface area contributed by atoms with E-state index in [1.54, 1.807) is 24.3 Å². The van der Waals surface area contributed by atoms with Gasteiger partial charge in [-0.05, 0) is 5.92 Å². The Morgan fingerprint density at radius 1 is 1.38 bits per heavy atom. The first-order valence-electron chi connectivity index (χ1n) is 5.44. The van der Waals surface area contributed by atoms with Crippen LogP contribution < -0.4 is 5.32 Å². The molecule has 0 spiro atoms. The molecule has 0 heterocycles. The minimum absolute atomic E-state index is 0.0733. The number of nitrogens with one attached hydrogen (secondary N) is 1. The third-order valence-corrected chi connectivity index (χ3v) is 2.83. The number of hydrogen-bond acceptors (Lipinski definition) is 2. The van der Waals surface area contributed by atoms with Crippen molar-refractivity contribution < 1.29 is 14.7 Å². The largest absolute Gasteiger partial charge is 0.480 e. The zero-order chi connectivity index (χ0) is 12.1. The second-order valence-corrected chi connectivity index (χ2v) is 4.01. The topological polar surface area (TPSA) is 66.4 Å². The Kier molecular flexibility index (Phi) is 4.28. The lowest BCUT2D eigenvalue weighted by molar-refractivity contribution is -0.143. The molecule has 0 bridgehead atoms. The highest BCUT2D eigenvalue weighted by Gasteiger charge is 2.27. The van der Waals surface area contributed by atoms with Crippen LogP contribution in [0.25, 0.3) is 0 Å². The first kappa shape index (κ1) is 12.5. The van der Waals surface area contributed by atoms with Crippen molar-refractivity contribution >= 4 is 11.9 Å². The molecule has 1 rings (SSSR count). The molecule has 0 saturated carbocycles. The highest BCUT2D eigenvalue weighted by Crippen LogP contribution is 2.12. The van der Waals surface area contributed by atoms with Crippen LogP contribution in [0.15, 0.2) is 24.3 Å². The maximum absolute atomic E-state index is 11.7. The minimum atomic E-state index is -0.978. The van der Waals surface area contributed by atoms with E-state index in [2.05, 4.69) is 5.32 Å². The van der Waals surface area contributed by atoms with Gasteiger partial charge >= 0.3 is 5.97 Å². The van der Waals surface area contributed by atoms with Crippen LogP contribution in [0.4, 0.5) is 0 Å². The number of hydrogen-bond donors (Lipinski definition) is 2. The number of carboxylic acid groups (broad SMARTS) is 1. The molecule has 1 amide bonds. The number of rotatable bonds is 5. The van der Waals surface area contributed by atoms with Gasteiger partial charge in [-0.25, -0.2) is 4.79 Å². The standard InChI is InChI=1S/C12H17NO3/c1-3-8(2)10(12(15)16)13-11(14)9-6-4-5-7-9/h4-10H,3H2,1-2H3,(H,13,14)(H,15,16)/t8-,10-/m0/s1. The van der Waals surface area contributed by atoms with Gasteiger partial charge in [0.25, 0.3) is 0 Å². The molecule has 4 heteroatoms. The lowest BCUT2D eigenvalue weighted by Gasteiger charge is -2.21. The number of carbonyl (C=O) groups is 2. The molecule has 0 unspecified atom stereocenters. The van der Waals surface area contributed by atoms with Crippen LogP contribution in [0.2, 0.25) is 0 Å². The molecule has 1 aliphatic carbocycles. The van der Waals surface area contributed by atoms with Gasteiger partial charge < -0.3 is 10.4 Å². The van der Waals surface area contributed by atoms with E-state index in [-0.39, 0.29) is 17.7 Å². The third-order valence-electron chi connectivity index (χ3n) is 2.83. The summed E-state index contributed by atoms with van der Waals surface area (Å²) in [5.41, 5.74) is 0. The van der Waals surface area contributed by atoms with Crippen LogP contribution in [0, 0.1) is 11.8 Å². The number of allylic oxidation sites excluding steroid dienone is 2. The Labute approximate surface area is 95.0 Å². The molecule has 4 nitrogen and oxygen atoms in total. The fourth-order valence-electron chi connectivity index (χ4n) is 1.54. The monoisotopic (exact) mass is 223 g/mol. The lowest BCUT2D eigenvalue weighted by atomic mass is 9.98. The summed E-state index contributed by atoms with van der Waals surface area (Å²) in [7, 11) is 0. The number of amides is 1. The number of aliphatic carboxylic acids is 1. The van der Waals surface area contributed by atoms with Crippen molar-refractivity contribution in [2.75, 3.05) is 0 Å². The van der Waals surface area contributed by atoms with Crippen molar-refractivity contribution in [3.05, 3.63) is 24.3 Å². The first-order valence-corrected chi connectivity index (χ1v) is 5.44. The molecule has 0 radical (unpaired) electrons. The van der Waals surface area contributed by atoms with E-state index in [9.17, 15) is 9.59 Å². The summed E-state index contributed by atoms with van der Waals surface area (Å²) in [4.78, 5) is 22.7. The highest BCUT2D eigenvalue weighted by molar-refractivity contribution is 5.87. The maximum atomic E-state index is 11.7. The van der Waals surface area contributed by atoms with Gasteiger partial charge in [0.15, 0.2) is 0 Å². The molecule has 0 fully saturated rings. The Bertz CT molecular complexity index is 321. The Morgan fingerprint density at radius 3 is 2.38 bits per heavy atom. The minimum Gasteiger partial charge on any atom is -0.480 e. The Balaban J connectivity index is 2.61. The third kappa shape index (κ3) is 2.95. The lowest BCUT2D eigenvalue weighted by Crippen LogP contribution is -2.46. The molecule has 0 saturated heterocycles. The molecule has 0 aromatic carbocycles. The zero-order valence-corrected chi connectivity index (χ0v) is 9.51. The van der Waals surface area contributed by atoms with Crippen molar-refractivity contribution in [2.45, 2.75) is 26.3 Å². The second-order valence-electron chi connectivity index (χ2n) is 4.01. The SMILES string of the molecule is CC[C@H](C)[C@H](NC(=O)C1C=CC=C1)C(=O)O. The van der Waals surface area contributed by atoms with Crippen molar-refractivity contribution in [3.63, 3.8) is 0 Å². The number of carboxylic acids is 1. The molecule has 2 atom stereocenters. The zero-order valence-electron chi connectivity index (χ0n) is 9.51. The molecule has 88 valence electrons. The van der Waals surface area contributed by atoms with Gasteiger partial charge in [0.05, 0.1) is 5.92 Å². The van der Waals surface area contributed by atoms with Crippen molar-refractivity contribution in [3.8, 4) is 0 Å². The molecule has 0 aromatic rings. The predicted octanol–water partition coefficient (Wildman–Crippen LogP) is 1.34. The fourth-order valence-corrected chi connectivity index (χ4v) is 1.54. The van der Waals surface area contributed by atoms with E-state index in [1.807, 2.05) is 13.8 Å². The molecule has 2 N–H and O–H groups in total. The molecule has 1 aliphatic rings. The van der Waals surface area contributed by atoms with E-state index in [0.29, 0.717) is 6.42 Å². The van der Waals surface area contributed by atoms with Gasteiger partial charge in [0, 0.05) is 0 Å². The van der Waals surface area contributed by atoms with E-state index in [0.717, 1.165) is 0 Å². The summed E-state index contributed by atoms with van der Waals surface area (Å²) in [6, 6.07) is -0.806. The predicted molar refractivity (Wildman–Crippen MR) is 60.8 cm³/mol. The summed E-state index contributed by atoms with van der Waals surface area (Å²) in [6.45, 7) is 3.72. The Hall–Kier alpha value is -1.58. The van der Waals surface area contributed by atoms with E-state index in [4.69, 9.17) is 5.11 Å². The molecule has 16 heavy (non-hydrogen) atoms. The van der Waals surface area contributed by atoms with Crippen molar-refractivity contribution in [1.29, 1.82) is 0 Å². The van der Waals surface area contributed by atoms with Gasteiger partial charge in [-0.1, -0.05) is 44.6 Å².